The van der Waals surface area contributed by atoms with E-state index in [9.17, 15) is 4.79 Å². The fourth-order valence-corrected chi connectivity index (χ4v) is 3.38. The highest BCUT2D eigenvalue weighted by Crippen LogP contribution is 2.42. The summed E-state index contributed by atoms with van der Waals surface area (Å²) in [5.41, 5.74) is 2.90. The van der Waals surface area contributed by atoms with Crippen LogP contribution in [0.5, 0.6) is 0 Å². The number of rotatable bonds is 5. The van der Waals surface area contributed by atoms with E-state index in [1.807, 2.05) is 29.3 Å². The monoisotopic (exact) mass is 352 g/mol. The first-order valence-electron chi connectivity index (χ1n) is 9.23. The number of amides is 1. The standard InChI is InChI=1S/C20H24N4O2/c1-14-3-2-8-21-18(14)19(15-4-5-15)23-17-7-6-16(13-22-17)20(25)24-9-11-26-12-10-24/h2-3,6-8,13,15,19H,4-5,9-12H2,1H3,(H,22,23). The minimum absolute atomic E-state index is 0.0201. The van der Waals surface area contributed by atoms with E-state index < -0.39 is 0 Å². The quantitative estimate of drug-likeness (QED) is 0.896. The van der Waals surface area contributed by atoms with Crippen molar-refractivity contribution in [3.8, 4) is 0 Å². The highest BCUT2D eigenvalue weighted by atomic mass is 16.5. The van der Waals surface area contributed by atoms with Gasteiger partial charge in [-0.1, -0.05) is 6.07 Å². The Labute approximate surface area is 153 Å². The molecule has 1 amide bonds. The molecule has 2 fully saturated rings. The first kappa shape index (κ1) is 17.0. The van der Waals surface area contributed by atoms with Crippen LogP contribution in [0, 0.1) is 12.8 Å². The molecule has 3 heterocycles. The Bertz CT molecular complexity index is 768. The minimum Gasteiger partial charge on any atom is -0.378 e. The van der Waals surface area contributed by atoms with Crippen LogP contribution in [0.15, 0.2) is 36.7 Å². The van der Waals surface area contributed by atoms with E-state index in [0.29, 0.717) is 37.8 Å². The number of nitrogens with one attached hydrogen (secondary N) is 1. The van der Waals surface area contributed by atoms with Crippen LogP contribution in [-0.2, 0) is 4.74 Å². The first-order valence-corrected chi connectivity index (χ1v) is 9.23. The number of aromatic nitrogens is 2. The molecule has 2 aromatic rings. The number of ether oxygens (including phenoxy) is 1. The Hall–Kier alpha value is -2.47. The lowest BCUT2D eigenvalue weighted by atomic mass is 10.0. The number of morpholine rings is 1. The molecule has 1 atom stereocenters. The maximum atomic E-state index is 12.5. The lowest BCUT2D eigenvalue weighted by Crippen LogP contribution is -2.40. The largest absolute Gasteiger partial charge is 0.378 e. The molecule has 1 aliphatic carbocycles. The number of carbonyl (C=O) groups excluding carboxylic acids is 1. The number of anilines is 1. The van der Waals surface area contributed by atoms with E-state index in [0.717, 1.165) is 11.5 Å². The molecule has 1 aliphatic heterocycles. The number of hydrogen-bond acceptors (Lipinski definition) is 5. The van der Waals surface area contributed by atoms with Gasteiger partial charge in [-0.05, 0) is 49.4 Å². The molecule has 0 aromatic carbocycles. The Kier molecular flexibility index (Phi) is 4.84. The molecule has 1 saturated carbocycles. The maximum absolute atomic E-state index is 12.5. The summed E-state index contributed by atoms with van der Waals surface area (Å²) in [7, 11) is 0. The average molecular weight is 352 g/mol. The van der Waals surface area contributed by atoms with Gasteiger partial charge in [0.05, 0.1) is 30.5 Å². The maximum Gasteiger partial charge on any atom is 0.255 e. The Balaban J connectivity index is 1.47. The van der Waals surface area contributed by atoms with Crippen LogP contribution in [0.3, 0.4) is 0 Å². The SMILES string of the molecule is Cc1cccnc1C(Nc1ccc(C(=O)N2CCOCC2)cn1)C1CC1. The predicted molar refractivity (Wildman–Crippen MR) is 99.0 cm³/mol. The van der Waals surface area contributed by atoms with Crippen LogP contribution in [0.2, 0.25) is 0 Å². The summed E-state index contributed by atoms with van der Waals surface area (Å²) in [6.07, 6.45) is 5.93. The number of hydrogen-bond donors (Lipinski definition) is 1. The van der Waals surface area contributed by atoms with Gasteiger partial charge in [-0.2, -0.15) is 0 Å². The molecule has 0 spiro atoms. The van der Waals surface area contributed by atoms with Crippen LogP contribution in [0.4, 0.5) is 5.82 Å². The topological polar surface area (TPSA) is 67.4 Å². The van der Waals surface area contributed by atoms with Gasteiger partial charge in [-0.15, -0.1) is 0 Å². The number of carbonyl (C=O) groups is 1. The van der Waals surface area contributed by atoms with Gasteiger partial charge in [-0.3, -0.25) is 9.78 Å². The van der Waals surface area contributed by atoms with Crippen molar-refractivity contribution in [2.75, 3.05) is 31.6 Å². The van der Waals surface area contributed by atoms with Gasteiger partial charge in [0.15, 0.2) is 0 Å². The molecule has 1 saturated heterocycles. The molecule has 4 rings (SSSR count). The second-order valence-electron chi connectivity index (χ2n) is 7.00. The van der Waals surface area contributed by atoms with Crippen molar-refractivity contribution >= 4 is 11.7 Å². The van der Waals surface area contributed by atoms with E-state index >= 15 is 0 Å². The van der Waals surface area contributed by atoms with Gasteiger partial charge in [0, 0.05) is 25.5 Å². The fourth-order valence-electron chi connectivity index (χ4n) is 3.38. The summed E-state index contributed by atoms with van der Waals surface area (Å²) in [5.74, 6) is 1.40. The van der Waals surface area contributed by atoms with Crippen LogP contribution in [0.25, 0.3) is 0 Å². The number of aryl methyl sites for hydroxylation is 1. The van der Waals surface area contributed by atoms with Gasteiger partial charge in [0.1, 0.15) is 5.82 Å². The fraction of sp³-hybridized carbons (Fsp3) is 0.450. The molecule has 0 bridgehead atoms. The van der Waals surface area contributed by atoms with Gasteiger partial charge in [0.2, 0.25) is 0 Å². The van der Waals surface area contributed by atoms with Crippen molar-refractivity contribution in [2.45, 2.75) is 25.8 Å². The van der Waals surface area contributed by atoms with Crippen LogP contribution >= 0.6 is 0 Å². The predicted octanol–water partition coefficient (Wildman–Crippen LogP) is 2.82. The Morgan fingerprint density at radius 1 is 1.23 bits per heavy atom. The minimum atomic E-state index is 0.0201. The number of pyridine rings is 2. The van der Waals surface area contributed by atoms with Crippen molar-refractivity contribution in [3.05, 3.63) is 53.5 Å². The normalized spacial score (nSPS) is 18.4. The van der Waals surface area contributed by atoms with Gasteiger partial charge in [-0.25, -0.2) is 4.98 Å². The summed E-state index contributed by atoms with van der Waals surface area (Å²) < 4.78 is 5.30. The van der Waals surface area contributed by atoms with E-state index in [1.165, 1.54) is 18.4 Å². The highest BCUT2D eigenvalue weighted by Gasteiger charge is 2.34. The van der Waals surface area contributed by atoms with Crippen LogP contribution in [-0.4, -0.2) is 47.1 Å². The summed E-state index contributed by atoms with van der Waals surface area (Å²) in [6, 6.07) is 7.97. The lowest BCUT2D eigenvalue weighted by Gasteiger charge is -2.26. The third-order valence-electron chi connectivity index (χ3n) is 5.05. The van der Waals surface area contributed by atoms with Crippen molar-refractivity contribution in [1.29, 1.82) is 0 Å². The third-order valence-corrected chi connectivity index (χ3v) is 5.05. The molecular weight excluding hydrogens is 328 g/mol. The van der Waals surface area contributed by atoms with E-state index in [-0.39, 0.29) is 11.9 Å². The van der Waals surface area contributed by atoms with Gasteiger partial charge in [0.25, 0.3) is 5.91 Å². The summed E-state index contributed by atoms with van der Waals surface area (Å²) in [4.78, 5) is 23.4. The Morgan fingerprint density at radius 3 is 2.69 bits per heavy atom. The van der Waals surface area contributed by atoms with Crippen molar-refractivity contribution in [2.24, 2.45) is 5.92 Å². The van der Waals surface area contributed by atoms with E-state index in [4.69, 9.17) is 4.74 Å². The third kappa shape index (κ3) is 3.70. The Morgan fingerprint density at radius 2 is 2.04 bits per heavy atom. The van der Waals surface area contributed by atoms with Gasteiger partial charge < -0.3 is 15.0 Å². The molecule has 6 heteroatoms. The molecule has 1 unspecified atom stereocenters. The zero-order valence-corrected chi connectivity index (χ0v) is 15.0. The lowest BCUT2D eigenvalue weighted by molar-refractivity contribution is 0.0302. The zero-order valence-electron chi connectivity index (χ0n) is 15.0. The van der Waals surface area contributed by atoms with Crippen molar-refractivity contribution < 1.29 is 9.53 Å². The van der Waals surface area contributed by atoms with Gasteiger partial charge >= 0.3 is 0 Å². The zero-order chi connectivity index (χ0) is 17.9. The van der Waals surface area contributed by atoms with E-state index in [1.54, 1.807) is 6.20 Å². The summed E-state index contributed by atoms with van der Waals surface area (Å²) in [5, 5.41) is 3.53. The van der Waals surface area contributed by atoms with Crippen LogP contribution in [0.1, 0.15) is 40.5 Å². The smallest absolute Gasteiger partial charge is 0.255 e. The number of nitrogens with zero attached hydrogens (tertiary/aromatic N) is 3. The first-order chi connectivity index (χ1) is 12.7. The van der Waals surface area contributed by atoms with Crippen LogP contribution < -0.4 is 5.32 Å². The summed E-state index contributed by atoms with van der Waals surface area (Å²) in [6.45, 7) is 4.58. The second kappa shape index (κ2) is 7.41. The molecule has 6 nitrogen and oxygen atoms in total. The van der Waals surface area contributed by atoms with E-state index in [2.05, 4.69) is 28.3 Å². The second-order valence-corrected chi connectivity index (χ2v) is 7.00. The van der Waals surface area contributed by atoms with Crippen molar-refractivity contribution in [3.63, 3.8) is 0 Å². The molecule has 136 valence electrons. The molecule has 26 heavy (non-hydrogen) atoms. The average Bonchev–Trinajstić information content (AvgIpc) is 3.53. The summed E-state index contributed by atoms with van der Waals surface area (Å²) >= 11 is 0. The molecular formula is C20H24N4O2. The molecule has 2 aliphatic rings. The molecule has 1 N–H and O–H groups in total. The highest BCUT2D eigenvalue weighted by molar-refractivity contribution is 5.94. The van der Waals surface area contributed by atoms with Crippen molar-refractivity contribution in [1.82, 2.24) is 14.9 Å². The molecule has 2 aromatic heterocycles. The molecule has 0 radical (unpaired) electrons.